The fourth-order valence-corrected chi connectivity index (χ4v) is 4.04. The standard InChI is InChI=1S/C23H25N5O3/c1-14-6-5-11-27-18(15(2)25-22(14)27)20(29)17-19(16-7-9-24-10-8-16)28(13-12-26(3)4)23(31)21(17)30/h5-11,19,29H,12-13H2,1-4H3/b20-17+/t19-/m0/s1. The van der Waals surface area contributed by atoms with E-state index in [0.29, 0.717) is 30.1 Å². The van der Waals surface area contributed by atoms with Gasteiger partial charge in [-0.25, -0.2) is 4.98 Å². The van der Waals surface area contributed by atoms with E-state index in [0.717, 1.165) is 11.1 Å². The van der Waals surface area contributed by atoms with Gasteiger partial charge in [0, 0.05) is 31.7 Å². The van der Waals surface area contributed by atoms with Crippen molar-refractivity contribution in [2.24, 2.45) is 0 Å². The largest absolute Gasteiger partial charge is 0.505 e. The van der Waals surface area contributed by atoms with Gasteiger partial charge in [0.25, 0.3) is 11.7 Å². The number of rotatable bonds is 5. The Bertz CT molecular complexity index is 1200. The van der Waals surface area contributed by atoms with Gasteiger partial charge in [0.15, 0.2) is 5.76 Å². The molecule has 0 radical (unpaired) electrons. The molecule has 1 atom stereocenters. The maximum Gasteiger partial charge on any atom is 0.295 e. The van der Waals surface area contributed by atoms with E-state index in [1.807, 2.05) is 38.1 Å². The summed E-state index contributed by atoms with van der Waals surface area (Å²) in [5, 5.41) is 11.4. The highest BCUT2D eigenvalue weighted by atomic mass is 16.3. The molecule has 1 saturated heterocycles. The van der Waals surface area contributed by atoms with Crippen LogP contribution in [0.2, 0.25) is 0 Å². The molecule has 1 amide bonds. The van der Waals surface area contributed by atoms with Crippen LogP contribution in [0.3, 0.4) is 0 Å². The van der Waals surface area contributed by atoms with Crippen molar-refractivity contribution in [3.8, 4) is 0 Å². The van der Waals surface area contributed by atoms with Crippen LogP contribution in [0.15, 0.2) is 48.4 Å². The van der Waals surface area contributed by atoms with Crippen LogP contribution in [0.1, 0.15) is 28.6 Å². The smallest absolute Gasteiger partial charge is 0.295 e. The average molecular weight is 419 g/mol. The lowest BCUT2D eigenvalue weighted by Crippen LogP contribution is -2.35. The number of aliphatic hydroxyl groups is 1. The van der Waals surface area contributed by atoms with Gasteiger partial charge in [-0.3, -0.25) is 19.0 Å². The van der Waals surface area contributed by atoms with Crippen LogP contribution in [0, 0.1) is 13.8 Å². The van der Waals surface area contributed by atoms with Crippen LogP contribution in [0.5, 0.6) is 0 Å². The van der Waals surface area contributed by atoms with E-state index in [1.54, 1.807) is 42.0 Å². The van der Waals surface area contributed by atoms with Gasteiger partial charge < -0.3 is 14.9 Å². The normalized spacial score (nSPS) is 18.5. The van der Waals surface area contributed by atoms with Crippen molar-refractivity contribution in [2.45, 2.75) is 19.9 Å². The van der Waals surface area contributed by atoms with E-state index < -0.39 is 17.7 Å². The lowest BCUT2D eigenvalue weighted by Gasteiger charge is -2.26. The van der Waals surface area contributed by atoms with Gasteiger partial charge in [-0.2, -0.15) is 0 Å². The summed E-state index contributed by atoms with van der Waals surface area (Å²) >= 11 is 0. The Hall–Kier alpha value is -3.52. The quantitative estimate of drug-likeness (QED) is 0.388. The van der Waals surface area contributed by atoms with Gasteiger partial charge >= 0.3 is 0 Å². The number of fused-ring (bicyclic) bond motifs is 1. The Morgan fingerprint density at radius 2 is 1.87 bits per heavy atom. The molecular weight excluding hydrogens is 394 g/mol. The molecule has 4 rings (SSSR count). The number of aromatic nitrogens is 3. The third-order valence-corrected chi connectivity index (χ3v) is 5.59. The fraction of sp³-hybridized carbons (Fsp3) is 0.304. The summed E-state index contributed by atoms with van der Waals surface area (Å²) in [7, 11) is 3.81. The molecule has 1 aliphatic heterocycles. The van der Waals surface area contributed by atoms with Crippen molar-refractivity contribution in [1.82, 2.24) is 24.2 Å². The molecule has 1 fully saturated rings. The van der Waals surface area contributed by atoms with Crippen LogP contribution in [0.25, 0.3) is 11.4 Å². The molecule has 0 spiro atoms. The number of aryl methyl sites for hydroxylation is 2. The van der Waals surface area contributed by atoms with Gasteiger partial charge in [0.05, 0.1) is 17.3 Å². The number of hydrogen-bond donors (Lipinski definition) is 1. The summed E-state index contributed by atoms with van der Waals surface area (Å²) < 4.78 is 1.76. The number of pyridine rings is 2. The van der Waals surface area contributed by atoms with E-state index >= 15 is 0 Å². The second kappa shape index (κ2) is 7.96. The minimum absolute atomic E-state index is 0.0707. The monoisotopic (exact) mass is 419 g/mol. The Morgan fingerprint density at radius 3 is 2.55 bits per heavy atom. The number of amides is 1. The number of likely N-dealkylation sites (N-methyl/N-ethyl adjacent to an activating group) is 1. The van der Waals surface area contributed by atoms with Crippen LogP contribution < -0.4 is 0 Å². The molecule has 4 heterocycles. The van der Waals surface area contributed by atoms with Crippen molar-refractivity contribution >= 4 is 23.1 Å². The zero-order valence-corrected chi connectivity index (χ0v) is 18.0. The molecule has 1 aliphatic rings. The summed E-state index contributed by atoms with van der Waals surface area (Å²) in [6.07, 6.45) is 5.02. The van der Waals surface area contributed by atoms with Crippen molar-refractivity contribution < 1.29 is 14.7 Å². The molecular formula is C23H25N5O3. The van der Waals surface area contributed by atoms with E-state index in [1.165, 1.54) is 4.90 Å². The SMILES string of the molecule is Cc1nc2c(C)cccn2c1/C(O)=C1\C(=O)C(=O)N(CCN(C)C)[C@H]1c1ccncc1. The number of nitrogens with zero attached hydrogens (tertiary/aromatic N) is 5. The third-order valence-electron chi connectivity index (χ3n) is 5.59. The first-order chi connectivity index (χ1) is 14.8. The van der Waals surface area contributed by atoms with Crippen LogP contribution in [0.4, 0.5) is 0 Å². The molecule has 0 saturated carbocycles. The van der Waals surface area contributed by atoms with E-state index in [4.69, 9.17) is 0 Å². The van der Waals surface area contributed by atoms with Crippen LogP contribution in [-0.2, 0) is 9.59 Å². The Kier molecular flexibility index (Phi) is 5.32. The lowest BCUT2D eigenvalue weighted by molar-refractivity contribution is -0.140. The number of imidazole rings is 1. The molecule has 3 aromatic heterocycles. The summed E-state index contributed by atoms with van der Waals surface area (Å²) in [6, 6.07) is 6.62. The van der Waals surface area contributed by atoms with Crippen molar-refractivity contribution in [2.75, 3.05) is 27.2 Å². The van der Waals surface area contributed by atoms with E-state index in [2.05, 4.69) is 9.97 Å². The van der Waals surface area contributed by atoms with E-state index in [-0.39, 0.29) is 11.3 Å². The summed E-state index contributed by atoms with van der Waals surface area (Å²) in [5.41, 5.74) is 3.44. The van der Waals surface area contributed by atoms with Crippen molar-refractivity contribution in [3.05, 3.63) is 70.9 Å². The van der Waals surface area contributed by atoms with Crippen molar-refractivity contribution in [3.63, 3.8) is 0 Å². The number of likely N-dealkylation sites (tertiary alicyclic amines) is 1. The second-order valence-electron chi connectivity index (χ2n) is 8.01. The number of Topliss-reactive ketones (excluding diaryl/α,β-unsaturated/α-hetero) is 1. The molecule has 0 aromatic carbocycles. The molecule has 160 valence electrons. The molecule has 3 aromatic rings. The topological polar surface area (TPSA) is 91.0 Å². The maximum absolute atomic E-state index is 13.1. The predicted molar refractivity (Wildman–Crippen MR) is 116 cm³/mol. The molecule has 0 unspecified atom stereocenters. The Morgan fingerprint density at radius 1 is 1.16 bits per heavy atom. The number of hydrogen-bond acceptors (Lipinski definition) is 6. The highest BCUT2D eigenvalue weighted by Gasteiger charge is 2.46. The number of aliphatic hydroxyl groups excluding tert-OH is 1. The summed E-state index contributed by atoms with van der Waals surface area (Å²) in [4.78, 5) is 38.2. The minimum atomic E-state index is -0.697. The number of ketones is 1. The zero-order valence-electron chi connectivity index (χ0n) is 18.0. The lowest BCUT2D eigenvalue weighted by atomic mass is 9.97. The maximum atomic E-state index is 13.1. The second-order valence-corrected chi connectivity index (χ2v) is 8.01. The Balaban J connectivity index is 1.94. The molecule has 31 heavy (non-hydrogen) atoms. The summed E-state index contributed by atoms with van der Waals surface area (Å²) in [6.45, 7) is 4.66. The highest BCUT2D eigenvalue weighted by molar-refractivity contribution is 6.46. The van der Waals surface area contributed by atoms with Crippen LogP contribution in [-0.4, -0.2) is 68.2 Å². The highest BCUT2D eigenvalue weighted by Crippen LogP contribution is 2.39. The minimum Gasteiger partial charge on any atom is -0.505 e. The molecule has 8 nitrogen and oxygen atoms in total. The average Bonchev–Trinajstić information content (AvgIpc) is 3.21. The van der Waals surface area contributed by atoms with Gasteiger partial charge in [0.1, 0.15) is 11.3 Å². The van der Waals surface area contributed by atoms with Gasteiger partial charge in [0.2, 0.25) is 0 Å². The summed E-state index contributed by atoms with van der Waals surface area (Å²) in [5.74, 6) is -1.53. The molecule has 1 N–H and O–H groups in total. The zero-order chi connectivity index (χ0) is 22.3. The first-order valence-corrected chi connectivity index (χ1v) is 10.1. The Labute approximate surface area is 180 Å². The fourth-order valence-electron chi connectivity index (χ4n) is 4.04. The predicted octanol–water partition coefficient (Wildman–Crippen LogP) is 2.33. The van der Waals surface area contributed by atoms with Gasteiger partial charge in [-0.1, -0.05) is 6.07 Å². The van der Waals surface area contributed by atoms with Gasteiger partial charge in [-0.15, -0.1) is 0 Å². The molecule has 0 aliphatic carbocycles. The first-order valence-electron chi connectivity index (χ1n) is 10.1. The first kappa shape index (κ1) is 20.7. The van der Waals surface area contributed by atoms with Crippen LogP contribution >= 0.6 is 0 Å². The molecule has 0 bridgehead atoms. The third kappa shape index (κ3) is 3.48. The van der Waals surface area contributed by atoms with Crippen molar-refractivity contribution in [1.29, 1.82) is 0 Å². The molecule has 8 heteroatoms. The number of carbonyl (C=O) groups excluding carboxylic acids is 2. The van der Waals surface area contributed by atoms with E-state index in [9.17, 15) is 14.7 Å². The van der Waals surface area contributed by atoms with Gasteiger partial charge in [-0.05, 0) is 57.3 Å². The number of carbonyl (C=O) groups is 2.